The minimum Gasteiger partial charge on any atom is -0.299 e. The fraction of sp³-hybridized carbons (Fsp3) is 0.211. The molecule has 0 N–H and O–H groups in total. The molecule has 0 amide bonds. The molecule has 0 unspecified atom stereocenters. The van der Waals surface area contributed by atoms with E-state index in [2.05, 4.69) is 5.10 Å². The molecule has 0 aliphatic carbocycles. The van der Waals surface area contributed by atoms with Crippen LogP contribution in [-0.2, 0) is 24.7 Å². The lowest BCUT2D eigenvalue weighted by Crippen LogP contribution is -2.22. The van der Waals surface area contributed by atoms with Crippen molar-refractivity contribution in [3.63, 3.8) is 0 Å². The third kappa shape index (κ3) is 3.21. The fourth-order valence-corrected chi connectivity index (χ4v) is 2.69. The summed E-state index contributed by atoms with van der Waals surface area (Å²) in [5.41, 5.74) is 2.68. The predicted octanol–water partition coefficient (Wildman–Crippen LogP) is 2.60. The summed E-state index contributed by atoms with van der Waals surface area (Å²) in [5.74, 6) is 0.0881. The average molecular weight is 306 g/mol. The van der Waals surface area contributed by atoms with Gasteiger partial charge in [0.25, 0.3) is 5.56 Å². The van der Waals surface area contributed by atoms with Crippen molar-refractivity contribution < 1.29 is 4.79 Å². The first-order valence-electron chi connectivity index (χ1n) is 7.57. The van der Waals surface area contributed by atoms with Gasteiger partial charge >= 0.3 is 0 Å². The number of carbonyl (C=O) groups excluding carboxylic acids is 1. The lowest BCUT2D eigenvalue weighted by molar-refractivity contribution is -0.117. The highest BCUT2D eigenvalue weighted by Gasteiger charge is 2.12. The minimum absolute atomic E-state index is 0.0881. The smallest absolute Gasteiger partial charge is 0.274 e. The Labute approximate surface area is 134 Å². The number of carbonyl (C=O) groups is 1. The van der Waals surface area contributed by atoms with Crippen molar-refractivity contribution in [3.8, 4) is 0 Å². The zero-order valence-corrected chi connectivity index (χ0v) is 13.2. The summed E-state index contributed by atoms with van der Waals surface area (Å²) in [7, 11) is 1.61. The van der Waals surface area contributed by atoms with Crippen molar-refractivity contribution >= 4 is 16.6 Å². The number of aryl methyl sites for hydroxylation is 2. The maximum atomic E-state index is 12.4. The van der Waals surface area contributed by atoms with Gasteiger partial charge in [-0.2, -0.15) is 5.10 Å². The van der Waals surface area contributed by atoms with Gasteiger partial charge in [-0.25, -0.2) is 4.68 Å². The van der Waals surface area contributed by atoms with E-state index >= 15 is 0 Å². The molecule has 0 fully saturated rings. The van der Waals surface area contributed by atoms with Crippen LogP contribution in [0.25, 0.3) is 10.8 Å². The van der Waals surface area contributed by atoms with Crippen LogP contribution in [-0.4, -0.2) is 15.6 Å². The van der Waals surface area contributed by atoms with Crippen LogP contribution in [0, 0.1) is 6.92 Å². The quantitative estimate of drug-likeness (QED) is 0.744. The predicted molar refractivity (Wildman–Crippen MR) is 90.6 cm³/mol. The lowest BCUT2D eigenvalue weighted by Gasteiger charge is -2.08. The summed E-state index contributed by atoms with van der Waals surface area (Å²) >= 11 is 0. The van der Waals surface area contributed by atoms with Crippen LogP contribution in [0.5, 0.6) is 0 Å². The van der Waals surface area contributed by atoms with Crippen molar-refractivity contribution in [2.24, 2.45) is 7.05 Å². The van der Waals surface area contributed by atoms with Crippen molar-refractivity contribution in [1.82, 2.24) is 9.78 Å². The number of Topliss-reactive ketones (excluding diaryl/α,β-unsaturated/α-hetero) is 1. The van der Waals surface area contributed by atoms with E-state index in [0.717, 1.165) is 10.9 Å². The summed E-state index contributed by atoms with van der Waals surface area (Å²) in [4.78, 5) is 24.5. The highest BCUT2D eigenvalue weighted by atomic mass is 16.1. The molecule has 0 bridgehead atoms. The Balaban J connectivity index is 1.89. The van der Waals surface area contributed by atoms with Crippen LogP contribution in [0.1, 0.15) is 16.8 Å². The average Bonchev–Trinajstić information content (AvgIpc) is 2.54. The Kier molecular flexibility index (Phi) is 4.06. The maximum Gasteiger partial charge on any atom is 0.274 e. The maximum absolute atomic E-state index is 12.4. The first kappa shape index (κ1) is 15.2. The second kappa shape index (κ2) is 6.16. The van der Waals surface area contributed by atoms with E-state index in [9.17, 15) is 9.59 Å². The van der Waals surface area contributed by atoms with Crippen molar-refractivity contribution in [3.05, 3.63) is 75.7 Å². The van der Waals surface area contributed by atoms with Crippen molar-refractivity contribution in [2.45, 2.75) is 19.8 Å². The Morgan fingerprint density at radius 2 is 1.65 bits per heavy atom. The van der Waals surface area contributed by atoms with E-state index in [1.54, 1.807) is 13.1 Å². The fourth-order valence-electron chi connectivity index (χ4n) is 2.69. The molecule has 0 aliphatic rings. The van der Waals surface area contributed by atoms with Gasteiger partial charge in [-0.15, -0.1) is 0 Å². The summed E-state index contributed by atoms with van der Waals surface area (Å²) in [5, 5.41) is 5.64. The van der Waals surface area contributed by atoms with Gasteiger partial charge in [0.1, 0.15) is 5.78 Å². The Hall–Kier alpha value is -2.75. The standard InChI is InChI=1S/C19H18N2O2/c1-13-7-9-14(10-8-13)11-15(22)12-18-16-5-3-4-6-17(16)19(23)21(2)20-18/h3-10H,11-12H2,1-2H3. The van der Waals surface area contributed by atoms with E-state index in [0.29, 0.717) is 17.5 Å². The number of benzene rings is 2. The highest BCUT2D eigenvalue weighted by molar-refractivity contribution is 5.89. The molecular weight excluding hydrogens is 288 g/mol. The number of aromatic nitrogens is 2. The molecule has 1 heterocycles. The van der Waals surface area contributed by atoms with E-state index < -0.39 is 0 Å². The number of ketones is 1. The molecule has 4 heteroatoms. The normalized spacial score (nSPS) is 10.9. The number of nitrogens with zero attached hydrogens (tertiary/aromatic N) is 2. The third-order valence-corrected chi connectivity index (χ3v) is 3.92. The largest absolute Gasteiger partial charge is 0.299 e. The second-order valence-electron chi connectivity index (χ2n) is 5.80. The van der Waals surface area contributed by atoms with Crippen LogP contribution in [0.15, 0.2) is 53.3 Å². The summed E-state index contributed by atoms with van der Waals surface area (Å²) in [6.45, 7) is 2.02. The minimum atomic E-state index is -0.143. The van der Waals surface area contributed by atoms with Crippen LogP contribution in [0.3, 0.4) is 0 Å². The molecule has 2 aromatic carbocycles. The van der Waals surface area contributed by atoms with Crippen LogP contribution in [0.2, 0.25) is 0 Å². The molecule has 0 atom stereocenters. The summed E-state index contributed by atoms with van der Waals surface area (Å²) in [6, 6.07) is 15.2. The van der Waals surface area contributed by atoms with Crippen molar-refractivity contribution in [2.75, 3.05) is 0 Å². The van der Waals surface area contributed by atoms with Crippen LogP contribution in [0.4, 0.5) is 0 Å². The monoisotopic (exact) mass is 306 g/mol. The summed E-state index contributed by atoms with van der Waals surface area (Å²) < 4.78 is 1.30. The molecule has 0 saturated carbocycles. The molecule has 0 saturated heterocycles. The number of fused-ring (bicyclic) bond motifs is 1. The zero-order valence-electron chi connectivity index (χ0n) is 13.2. The van der Waals surface area contributed by atoms with Gasteiger partial charge in [-0.3, -0.25) is 9.59 Å². The SMILES string of the molecule is Cc1ccc(CC(=O)Cc2nn(C)c(=O)c3ccccc23)cc1. The number of hydrogen-bond donors (Lipinski definition) is 0. The van der Waals surface area contributed by atoms with E-state index in [1.807, 2.05) is 49.4 Å². The van der Waals surface area contributed by atoms with E-state index in [-0.39, 0.29) is 17.8 Å². The molecule has 3 aromatic rings. The Morgan fingerprint density at radius 1 is 1.00 bits per heavy atom. The number of hydrogen-bond acceptors (Lipinski definition) is 3. The van der Waals surface area contributed by atoms with Crippen molar-refractivity contribution in [1.29, 1.82) is 0 Å². The third-order valence-electron chi connectivity index (χ3n) is 3.92. The van der Waals surface area contributed by atoms with E-state index in [4.69, 9.17) is 0 Å². The van der Waals surface area contributed by atoms with Crippen LogP contribution < -0.4 is 5.56 Å². The van der Waals surface area contributed by atoms with Gasteiger partial charge in [-0.05, 0) is 18.6 Å². The molecule has 3 rings (SSSR count). The van der Waals surface area contributed by atoms with Crippen LogP contribution >= 0.6 is 0 Å². The summed E-state index contributed by atoms with van der Waals surface area (Å²) in [6.07, 6.45) is 0.599. The topological polar surface area (TPSA) is 52.0 Å². The Bertz CT molecular complexity index is 924. The number of rotatable bonds is 4. The molecule has 1 aromatic heterocycles. The van der Waals surface area contributed by atoms with Gasteiger partial charge in [0.05, 0.1) is 17.5 Å². The van der Waals surface area contributed by atoms with Gasteiger partial charge in [0.15, 0.2) is 0 Å². The molecule has 116 valence electrons. The molecule has 0 aliphatic heterocycles. The highest BCUT2D eigenvalue weighted by Crippen LogP contribution is 2.14. The second-order valence-corrected chi connectivity index (χ2v) is 5.80. The molecule has 23 heavy (non-hydrogen) atoms. The van der Waals surface area contributed by atoms with E-state index in [1.165, 1.54) is 10.2 Å². The van der Waals surface area contributed by atoms with Gasteiger partial charge < -0.3 is 0 Å². The molecule has 0 radical (unpaired) electrons. The lowest BCUT2D eigenvalue weighted by atomic mass is 10.0. The van der Waals surface area contributed by atoms with Gasteiger partial charge in [-0.1, -0.05) is 48.0 Å². The first-order chi connectivity index (χ1) is 11.0. The van der Waals surface area contributed by atoms with Gasteiger partial charge in [0, 0.05) is 18.9 Å². The molecule has 0 spiro atoms. The first-order valence-corrected chi connectivity index (χ1v) is 7.57. The zero-order chi connectivity index (χ0) is 16.4. The molecular formula is C19H18N2O2. The molecule has 4 nitrogen and oxygen atoms in total. The van der Waals surface area contributed by atoms with Gasteiger partial charge in [0.2, 0.25) is 0 Å². The Morgan fingerprint density at radius 3 is 2.35 bits per heavy atom.